The molecule has 0 aliphatic rings. The normalized spacial score (nSPS) is 12.5. The number of urea groups is 1. The van der Waals surface area contributed by atoms with E-state index < -0.39 is 6.10 Å². The number of carbonyl (C=O) groups is 1. The standard InChI is InChI=1S/C17H22N6O2/c1-22(2)10-15(24)11-23-9-14(8-19-23)21-17(25)20-13-3-4-16-12(7-13)5-6-18-16/h3-9,15,18,24H,10-11H2,1-2H3,(H2,20,21,25). The molecular weight excluding hydrogens is 320 g/mol. The molecule has 25 heavy (non-hydrogen) atoms. The average Bonchev–Trinajstić information content (AvgIpc) is 3.15. The fraction of sp³-hybridized carbons (Fsp3) is 0.294. The molecular formula is C17H22N6O2. The molecule has 1 atom stereocenters. The zero-order valence-corrected chi connectivity index (χ0v) is 14.2. The predicted octanol–water partition coefficient (Wildman–Crippen LogP) is 1.93. The summed E-state index contributed by atoms with van der Waals surface area (Å²) in [6.07, 6.45) is 4.57. The number of hydrogen-bond donors (Lipinski definition) is 4. The highest BCUT2D eigenvalue weighted by Crippen LogP contribution is 2.18. The molecule has 3 aromatic rings. The third-order valence-electron chi connectivity index (χ3n) is 3.68. The van der Waals surface area contributed by atoms with Gasteiger partial charge in [-0.05, 0) is 38.4 Å². The number of aliphatic hydroxyl groups is 1. The quantitative estimate of drug-likeness (QED) is 0.550. The number of aliphatic hydroxyl groups excluding tert-OH is 1. The molecule has 0 aliphatic carbocycles. The Morgan fingerprint density at radius 3 is 2.92 bits per heavy atom. The number of carbonyl (C=O) groups excluding carboxylic acids is 1. The first-order chi connectivity index (χ1) is 12.0. The number of nitrogens with one attached hydrogen (secondary N) is 3. The number of rotatable bonds is 6. The summed E-state index contributed by atoms with van der Waals surface area (Å²) in [5.74, 6) is 0. The Morgan fingerprint density at radius 1 is 1.32 bits per heavy atom. The van der Waals surface area contributed by atoms with E-state index >= 15 is 0 Å². The number of benzene rings is 1. The van der Waals surface area contributed by atoms with Crippen LogP contribution in [0.1, 0.15) is 0 Å². The van der Waals surface area contributed by atoms with E-state index in [2.05, 4.69) is 20.7 Å². The van der Waals surface area contributed by atoms with Crippen molar-refractivity contribution in [2.75, 3.05) is 31.3 Å². The van der Waals surface area contributed by atoms with Crippen LogP contribution in [0.25, 0.3) is 10.9 Å². The molecule has 0 bridgehead atoms. The minimum Gasteiger partial charge on any atom is -0.390 e. The van der Waals surface area contributed by atoms with Gasteiger partial charge in [-0.2, -0.15) is 5.10 Å². The number of hydrogen-bond acceptors (Lipinski definition) is 4. The van der Waals surface area contributed by atoms with Gasteiger partial charge in [-0.25, -0.2) is 4.79 Å². The first-order valence-electron chi connectivity index (χ1n) is 8.00. The summed E-state index contributed by atoms with van der Waals surface area (Å²) in [4.78, 5) is 17.1. The third kappa shape index (κ3) is 4.59. The SMILES string of the molecule is CN(C)CC(O)Cn1cc(NC(=O)Nc2ccc3[nH]ccc3c2)cn1. The highest BCUT2D eigenvalue weighted by atomic mass is 16.3. The maximum atomic E-state index is 12.1. The molecule has 0 saturated carbocycles. The van der Waals surface area contributed by atoms with Gasteiger partial charge in [0.15, 0.2) is 0 Å². The highest BCUT2D eigenvalue weighted by molar-refractivity contribution is 6.00. The molecule has 8 nitrogen and oxygen atoms in total. The van der Waals surface area contributed by atoms with Gasteiger partial charge in [0.2, 0.25) is 0 Å². The van der Waals surface area contributed by atoms with Crippen molar-refractivity contribution in [1.29, 1.82) is 0 Å². The van der Waals surface area contributed by atoms with Crippen LogP contribution in [-0.2, 0) is 6.54 Å². The van der Waals surface area contributed by atoms with Gasteiger partial charge in [-0.1, -0.05) is 0 Å². The van der Waals surface area contributed by atoms with E-state index in [1.807, 2.05) is 49.5 Å². The molecule has 1 unspecified atom stereocenters. The van der Waals surface area contributed by atoms with Crippen LogP contribution in [0.2, 0.25) is 0 Å². The van der Waals surface area contributed by atoms with Crippen LogP contribution < -0.4 is 10.6 Å². The minimum absolute atomic E-state index is 0.344. The topological polar surface area (TPSA) is 98.2 Å². The molecule has 2 aromatic heterocycles. The molecule has 4 N–H and O–H groups in total. The van der Waals surface area contributed by atoms with E-state index in [4.69, 9.17) is 0 Å². The van der Waals surface area contributed by atoms with E-state index in [9.17, 15) is 9.90 Å². The van der Waals surface area contributed by atoms with Crippen molar-refractivity contribution in [3.8, 4) is 0 Å². The van der Waals surface area contributed by atoms with Gasteiger partial charge < -0.3 is 25.6 Å². The molecule has 8 heteroatoms. The molecule has 0 saturated heterocycles. The first-order valence-corrected chi connectivity index (χ1v) is 8.00. The fourth-order valence-electron chi connectivity index (χ4n) is 2.65. The number of amides is 2. The zero-order chi connectivity index (χ0) is 17.8. The number of fused-ring (bicyclic) bond motifs is 1. The Labute approximate surface area is 145 Å². The van der Waals surface area contributed by atoms with E-state index in [1.165, 1.54) is 0 Å². The van der Waals surface area contributed by atoms with Gasteiger partial charge in [0.1, 0.15) is 0 Å². The molecule has 3 rings (SSSR count). The molecule has 2 heterocycles. The Balaban J connectivity index is 1.55. The predicted molar refractivity (Wildman–Crippen MR) is 97.7 cm³/mol. The average molecular weight is 342 g/mol. The summed E-state index contributed by atoms with van der Waals surface area (Å²) in [6, 6.07) is 7.24. The second-order valence-corrected chi connectivity index (χ2v) is 6.23. The van der Waals surface area contributed by atoms with E-state index in [-0.39, 0.29) is 6.03 Å². The van der Waals surface area contributed by atoms with Crippen LogP contribution in [0.15, 0.2) is 42.9 Å². The Bertz CT molecular complexity index is 854. The van der Waals surface area contributed by atoms with Crippen molar-refractivity contribution in [3.05, 3.63) is 42.9 Å². The van der Waals surface area contributed by atoms with Crippen LogP contribution in [0, 0.1) is 0 Å². The van der Waals surface area contributed by atoms with Gasteiger partial charge in [0.05, 0.1) is 24.5 Å². The Hall–Kier alpha value is -2.84. The maximum Gasteiger partial charge on any atom is 0.323 e. The van der Waals surface area contributed by atoms with Gasteiger partial charge >= 0.3 is 6.03 Å². The monoisotopic (exact) mass is 342 g/mol. The van der Waals surface area contributed by atoms with Crippen LogP contribution in [0.4, 0.5) is 16.2 Å². The number of aromatic amines is 1. The van der Waals surface area contributed by atoms with Crippen molar-refractivity contribution < 1.29 is 9.90 Å². The summed E-state index contributed by atoms with van der Waals surface area (Å²) in [5, 5.41) is 20.6. The third-order valence-corrected chi connectivity index (χ3v) is 3.68. The van der Waals surface area contributed by atoms with E-state index in [0.717, 1.165) is 10.9 Å². The van der Waals surface area contributed by atoms with E-state index in [0.29, 0.717) is 24.5 Å². The maximum absolute atomic E-state index is 12.1. The van der Waals surface area contributed by atoms with Gasteiger partial charge in [0, 0.05) is 35.5 Å². The summed E-state index contributed by atoms with van der Waals surface area (Å²) in [5.41, 5.74) is 2.29. The number of likely N-dealkylation sites (N-methyl/N-ethyl adjacent to an activating group) is 1. The summed E-state index contributed by atoms with van der Waals surface area (Å²) in [6.45, 7) is 0.913. The minimum atomic E-state index is -0.523. The molecule has 0 fully saturated rings. The number of nitrogens with zero attached hydrogens (tertiary/aromatic N) is 3. The van der Waals surface area contributed by atoms with Crippen molar-refractivity contribution >= 4 is 28.3 Å². The summed E-state index contributed by atoms with van der Waals surface area (Å²) < 4.78 is 1.61. The Kier molecular flexibility index (Phi) is 5.01. The van der Waals surface area contributed by atoms with E-state index in [1.54, 1.807) is 17.1 Å². The van der Waals surface area contributed by atoms with Crippen LogP contribution >= 0.6 is 0 Å². The van der Waals surface area contributed by atoms with Crippen LogP contribution in [0.5, 0.6) is 0 Å². The van der Waals surface area contributed by atoms with Crippen molar-refractivity contribution in [2.45, 2.75) is 12.6 Å². The van der Waals surface area contributed by atoms with Gasteiger partial charge in [0.25, 0.3) is 0 Å². The van der Waals surface area contributed by atoms with Crippen molar-refractivity contribution in [3.63, 3.8) is 0 Å². The van der Waals surface area contributed by atoms with Gasteiger partial charge in [-0.15, -0.1) is 0 Å². The summed E-state index contributed by atoms with van der Waals surface area (Å²) in [7, 11) is 3.79. The molecule has 132 valence electrons. The van der Waals surface area contributed by atoms with Gasteiger partial charge in [-0.3, -0.25) is 4.68 Å². The highest BCUT2D eigenvalue weighted by Gasteiger charge is 2.09. The second-order valence-electron chi connectivity index (χ2n) is 6.23. The Morgan fingerprint density at radius 2 is 2.12 bits per heavy atom. The lowest BCUT2D eigenvalue weighted by Crippen LogP contribution is -2.29. The molecule has 0 aliphatic heterocycles. The second kappa shape index (κ2) is 7.37. The lowest BCUT2D eigenvalue weighted by atomic mass is 10.2. The largest absolute Gasteiger partial charge is 0.390 e. The molecule has 0 spiro atoms. The first kappa shape index (κ1) is 17.0. The lowest BCUT2D eigenvalue weighted by molar-refractivity contribution is 0.116. The summed E-state index contributed by atoms with van der Waals surface area (Å²) >= 11 is 0. The number of anilines is 2. The number of aromatic nitrogens is 3. The molecule has 2 amide bonds. The van der Waals surface area contributed by atoms with Crippen LogP contribution in [0.3, 0.4) is 0 Å². The van der Waals surface area contributed by atoms with Crippen molar-refractivity contribution in [1.82, 2.24) is 19.7 Å². The lowest BCUT2D eigenvalue weighted by Gasteiger charge is -2.15. The molecule has 1 aromatic carbocycles. The fourth-order valence-corrected chi connectivity index (χ4v) is 2.65. The molecule has 0 radical (unpaired) electrons. The van der Waals surface area contributed by atoms with Crippen molar-refractivity contribution in [2.24, 2.45) is 0 Å². The number of H-pyrrole nitrogens is 1. The zero-order valence-electron chi connectivity index (χ0n) is 14.2. The van der Waals surface area contributed by atoms with Crippen LogP contribution in [-0.4, -0.2) is 57.5 Å². The smallest absolute Gasteiger partial charge is 0.323 e.